The molecule has 0 radical (unpaired) electrons. The smallest absolute Gasteiger partial charge is 0.132 e. The zero-order valence-electron chi connectivity index (χ0n) is 8.97. The summed E-state index contributed by atoms with van der Waals surface area (Å²) in [6, 6.07) is 0. The third kappa shape index (κ3) is 3.33. The van der Waals surface area contributed by atoms with Gasteiger partial charge in [-0.05, 0) is 45.4 Å². The molecule has 2 unspecified atom stereocenters. The number of allylic oxidation sites excluding steroid dienone is 2. The van der Waals surface area contributed by atoms with Gasteiger partial charge in [0.05, 0.1) is 0 Å². The third-order valence-corrected chi connectivity index (χ3v) is 3.13. The predicted octanol–water partition coefficient (Wildman–Crippen LogP) is 3.35. The van der Waals surface area contributed by atoms with Gasteiger partial charge >= 0.3 is 0 Å². The van der Waals surface area contributed by atoms with Gasteiger partial charge < -0.3 is 0 Å². The van der Waals surface area contributed by atoms with E-state index < -0.39 is 0 Å². The van der Waals surface area contributed by atoms with Gasteiger partial charge in [0.1, 0.15) is 5.78 Å². The van der Waals surface area contributed by atoms with Crippen molar-refractivity contribution >= 4 is 5.78 Å². The van der Waals surface area contributed by atoms with E-state index in [1.54, 1.807) is 6.92 Å². The van der Waals surface area contributed by atoms with Crippen LogP contribution >= 0.6 is 0 Å². The van der Waals surface area contributed by atoms with Crippen LogP contribution in [0.3, 0.4) is 0 Å². The van der Waals surface area contributed by atoms with Crippen molar-refractivity contribution in [1.82, 2.24) is 0 Å². The Morgan fingerprint density at radius 1 is 1.69 bits per heavy atom. The van der Waals surface area contributed by atoms with Crippen LogP contribution in [-0.2, 0) is 4.79 Å². The minimum Gasteiger partial charge on any atom is -0.300 e. The summed E-state index contributed by atoms with van der Waals surface area (Å²) in [7, 11) is 0. The zero-order valence-corrected chi connectivity index (χ0v) is 8.97. The lowest BCUT2D eigenvalue weighted by molar-refractivity contribution is -0.120. The summed E-state index contributed by atoms with van der Waals surface area (Å²) in [5.41, 5.74) is 1.52. The summed E-state index contributed by atoms with van der Waals surface area (Å²) >= 11 is 0. The van der Waals surface area contributed by atoms with Gasteiger partial charge in [0, 0.05) is 5.92 Å². The second-order valence-corrected chi connectivity index (χ2v) is 4.44. The highest BCUT2D eigenvalue weighted by molar-refractivity contribution is 5.77. The fourth-order valence-electron chi connectivity index (χ4n) is 1.90. The first kappa shape index (κ1) is 10.5. The van der Waals surface area contributed by atoms with Crippen LogP contribution in [0.2, 0.25) is 0 Å². The first-order valence-corrected chi connectivity index (χ1v) is 5.25. The van der Waals surface area contributed by atoms with Crippen molar-refractivity contribution in [2.45, 2.75) is 46.5 Å². The normalized spacial score (nSPS) is 25.2. The fourth-order valence-corrected chi connectivity index (χ4v) is 1.90. The zero-order chi connectivity index (χ0) is 9.84. The number of carbonyl (C=O) groups excluding carboxylic acids is 1. The summed E-state index contributed by atoms with van der Waals surface area (Å²) in [6.07, 6.45) is 7.11. The average Bonchev–Trinajstić information content (AvgIpc) is 2.08. The molecule has 0 heterocycles. The molecule has 74 valence electrons. The molecule has 0 saturated carbocycles. The van der Waals surface area contributed by atoms with Gasteiger partial charge in [-0.25, -0.2) is 0 Å². The van der Waals surface area contributed by atoms with Gasteiger partial charge in [-0.2, -0.15) is 0 Å². The van der Waals surface area contributed by atoms with Crippen molar-refractivity contribution in [2.75, 3.05) is 0 Å². The molecule has 1 nitrogen and oxygen atoms in total. The van der Waals surface area contributed by atoms with Crippen LogP contribution < -0.4 is 0 Å². The topological polar surface area (TPSA) is 17.1 Å². The molecule has 0 amide bonds. The minimum atomic E-state index is 0.261. The first-order chi connectivity index (χ1) is 6.09. The number of ketones is 1. The molecule has 0 aromatic carbocycles. The van der Waals surface area contributed by atoms with Crippen LogP contribution in [-0.4, -0.2) is 5.78 Å². The quantitative estimate of drug-likeness (QED) is 0.609. The van der Waals surface area contributed by atoms with Crippen molar-refractivity contribution < 1.29 is 4.79 Å². The molecule has 1 rings (SSSR count). The van der Waals surface area contributed by atoms with Gasteiger partial charge in [0.2, 0.25) is 0 Å². The van der Waals surface area contributed by atoms with Crippen molar-refractivity contribution in [2.24, 2.45) is 11.8 Å². The molecule has 1 aliphatic carbocycles. The van der Waals surface area contributed by atoms with Gasteiger partial charge in [-0.3, -0.25) is 4.79 Å². The molecule has 0 aromatic rings. The molecule has 0 saturated heterocycles. The first-order valence-electron chi connectivity index (χ1n) is 5.25. The number of carbonyl (C=O) groups is 1. The fraction of sp³-hybridized carbons (Fsp3) is 0.750. The molecule has 0 fully saturated rings. The highest BCUT2D eigenvalue weighted by atomic mass is 16.1. The number of hydrogen-bond donors (Lipinski definition) is 0. The van der Waals surface area contributed by atoms with Gasteiger partial charge in [-0.15, -0.1) is 0 Å². The lowest BCUT2D eigenvalue weighted by Gasteiger charge is -2.22. The monoisotopic (exact) mass is 180 g/mol. The van der Waals surface area contributed by atoms with Crippen molar-refractivity contribution in [1.29, 1.82) is 0 Å². The molecule has 2 atom stereocenters. The Morgan fingerprint density at radius 2 is 2.38 bits per heavy atom. The Morgan fingerprint density at radius 3 is 2.85 bits per heavy atom. The highest BCUT2D eigenvalue weighted by Crippen LogP contribution is 2.28. The summed E-state index contributed by atoms with van der Waals surface area (Å²) < 4.78 is 0. The molecule has 0 N–H and O–H groups in total. The Kier molecular flexibility index (Phi) is 3.71. The van der Waals surface area contributed by atoms with Crippen LogP contribution in [0.4, 0.5) is 0 Å². The SMILES string of the molecule is CC(=O)C(C)CC1CC=C(C)CC1. The van der Waals surface area contributed by atoms with Crippen LogP contribution in [0.15, 0.2) is 11.6 Å². The van der Waals surface area contributed by atoms with Gasteiger partial charge in [0.25, 0.3) is 0 Å². The van der Waals surface area contributed by atoms with Crippen LogP contribution in [0.5, 0.6) is 0 Å². The van der Waals surface area contributed by atoms with Crippen LogP contribution in [0, 0.1) is 11.8 Å². The summed E-state index contributed by atoms with van der Waals surface area (Å²) in [4.78, 5) is 11.1. The molecule has 0 aliphatic heterocycles. The summed E-state index contributed by atoms with van der Waals surface area (Å²) in [6.45, 7) is 5.95. The standard InChI is InChI=1S/C12H20O/c1-9-4-6-12(7-5-9)8-10(2)11(3)13/h4,10,12H,5-8H2,1-3H3. The van der Waals surface area contributed by atoms with Crippen molar-refractivity contribution in [3.8, 4) is 0 Å². The maximum Gasteiger partial charge on any atom is 0.132 e. The molecule has 0 bridgehead atoms. The molecular formula is C12H20O. The van der Waals surface area contributed by atoms with E-state index >= 15 is 0 Å². The Bertz CT molecular complexity index is 215. The van der Waals surface area contributed by atoms with Crippen molar-refractivity contribution in [3.63, 3.8) is 0 Å². The largest absolute Gasteiger partial charge is 0.300 e. The van der Waals surface area contributed by atoms with E-state index in [1.807, 2.05) is 6.92 Å². The average molecular weight is 180 g/mol. The second-order valence-electron chi connectivity index (χ2n) is 4.44. The van der Waals surface area contributed by atoms with E-state index in [-0.39, 0.29) is 5.92 Å². The molecular weight excluding hydrogens is 160 g/mol. The van der Waals surface area contributed by atoms with E-state index in [4.69, 9.17) is 0 Å². The van der Waals surface area contributed by atoms with Gasteiger partial charge in [0.15, 0.2) is 0 Å². The Hall–Kier alpha value is -0.590. The van der Waals surface area contributed by atoms with E-state index in [1.165, 1.54) is 24.8 Å². The van der Waals surface area contributed by atoms with E-state index in [2.05, 4.69) is 13.0 Å². The Labute approximate surface area is 81.2 Å². The highest BCUT2D eigenvalue weighted by Gasteiger charge is 2.17. The number of hydrogen-bond acceptors (Lipinski definition) is 1. The molecule has 1 aliphatic rings. The molecule has 13 heavy (non-hydrogen) atoms. The predicted molar refractivity (Wildman–Crippen MR) is 55.6 cm³/mol. The number of Topliss-reactive ketones (excluding diaryl/α,β-unsaturated/α-hetero) is 1. The maximum absolute atomic E-state index is 11.1. The molecule has 0 spiro atoms. The maximum atomic E-state index is 11.1. The third-order valence-electron chi connectivity index (χ3n) is 3.13. The van der Waals surface area contributed by atoms with E-state index in [0.717, 1.165) is 12.3 Å². The summed E-state index contributed by atoms with van der Waals surface area (Å²) in [5.74, 6) is 1.35. The van der Waals surface area contributed by atoms with Crippen molar-refractivity contribution in [3.05, 3.63) is 11.6 Å². The molecule has 1 heteroatoms. The van der Waals surface area contributed by atoms with Gasteiger partial charge in [-0.1, -0.05) is 18.6 Å². The number of rotatable bonds is 3. The summed E-state index contributed by atoms with van der Waals surface area (Å²) in [5, 5.41) is 0. The minimum absolute atomic E-state index is 0.261. The lowest BCUT2D eigenvalue weighted by atomic mass is 9.83. The van der Waals surface area contributed by atoms with Crippen LogP contribution in [0.25, 0.3) is 0 Å². The van der Waals surface area contributed by atoms with E-state index in [0.29, 0.717) is 5.78 Å². The van der Waals surface area contributed by atoms with Crippen LogP contribution in [0.1, 0.15) is 46.5 Å². The Balaban J connectivity index is 2.35. The second kappa shape index (κ2) is 4.59. The van der Waals surface area contributed by atoms with E-state index in [9.17, 15) is 4.79 Å². The molecule has 0 aromatic heterocycles. The lowest BCUT2D eigenvalue weighted by Crippen LogP contribution is -2.14.